The molecular weight excluding hydrogens is 422 g/mol. The van der Waals surface area contributed by atoms with Crippen molar-refractivity contribution < 1.29 is 12.8 Å². The summed E-state index contributed by atoms with van der Waals surface area (Å²) in [6, 6.07) is 12.7. The Balaban J connectivity index is 1.70. The Bertz CT molecular complexity index is 1380. The van der Waals surface area contributed by atoms with Crippen LogP contribution < -0.4 is 15.1 Å². The standard InChI is InChI=1S/C21H19N3O4S2/c1-13-17-7-6-15(20-23-8-9-29-20)12-19(17)28-21(25)18(13)11-14-4-3-5-16(10-14)24-30(26,27)22-2/h3-10,12,22,24H,11H2,1-2H3. The Morgan fingerprint density at radius 3 is 2.73 bits per heavy atom. The van der Waals surface area contributed by atoms with Crippen molar-refractivity contribution in [2.75, 3.05) is 11.8 Å². The molecule has 154 valence electrons. The number of benzene rings is 2. The lowest BCUT2D eigenvalue weighted by atomic mass is 9.99. The third-order valence-electron chi connectivity index (χ3n) is 4.80. The minimum Gasteiger partial charge on any atom is -0.422 e. The number of hydrogen-bond acceptors (Lipinski definition) is 6. The predicted molar refractivity (Wildman–Crippen MR) is 119 cm³/mol. The summed E-state index contributed by atoms with van der Waals surface area (Å²) < 4.78 is 33.7. The first-order chi connectivity index (χ1) is 14.4. The second-order valence-corrected chi connectivity index (χ2v) is 9.24. The van der Waals surface area contributed by atoms with Gasteiger partial charge in [0.25, 0.3) is 10.2 Å². The average molecular weight is 442 g/mol. The quantitative estimate of drug-likeness (QED) is 0.445. The molecule has 0 amide bonds. The molecule has 0 saturated heterocycles. The van der Waals surface area contributed by atoms with E-state index in [2.05, 4.69) is 14.4 Å². The predicted octanol–water partition coefficient (Wildman–Crippen LogP) is 3.69. The maximum Gasteiger partial charge on any atom is 0.340 e. The van der Waals surface area contributed by atoms with Gasteiger partial charge in [-0.1, -0.05) is 24.3 Å². The summed E-state index contributed by atoms with van der Waals surface area (Å²) in [6.07, 6.45) is 2.06. The maximum atomic E-state index is 12.7. The second-order valence-electron chi connectivity index (χ2n) is 6.73. The van der Waals surface area contributed by atoms with E-state index in [1.54, 1.807) is 24.4 Å². The highest BCUT2D eigenvalue weighted by Gasteiger charge is 2.14. The van der Waals surface area contributed by atoms with Gasteiger partial charge in [-0.15, -0.1) is 11.3 Å². The van der Waals surface area contributed by atoms with Crippen LogP contribution in [0.3, 0.4) is 0 Å². The van der Waals surface area contributed by atoms with Crippen molar-refractivity contribution in [3.05, 3.63) is 81.2 Å². The van der Waals surface area contributed by atoms with Crippen molar-refractivity contribution in [1.29, 1.82) is 0 Å². The minimum absolute atomic E-state index is 0.327. The summed E-state index contributed by atoms with van der Waals surface area (Å²) >= 11 is 1.52. The molecule has 0 saturated carbocycles. The topological polar surface area (TPSA) is 101 Å². The van der Waals surface area contributed by atoms with Crippen LogP contribution in [0.2, 0.25) is 0 Å². The molecule has 2 heterocycles. The van der Waals surface area contributed by atoms with Gasteiger partial charge in [-0.2, -0.15) is 8.42 Å². The van der Waals surface area contributed by atoms with E-state index in [-0.39, 0.29) is 0 Å². The van der Waals surface area contributed by atoms with Crippen LogP contribution in [0.5, 0.6) is 0 Å². The highest BCUT2D eigenvalue weighted by atomic mass is 32.2. The Morgan fingerprint density at radius 2 is 2.00 bits per heavy atom. The van der Waals surface area contributed by atoms with Gasteiger partial charge in [-0.05, 0) is 36.2 Å². The van der Waals surface area contributed by atoms with E-state index in [0.29, 0.717) is 23.3 Å². The molecule has 0 aliphatic carbocycles. The largest absolute Gasteiger partial charge is 0.422 e. The lowest BCUT2D eigenvalue weighted by molar-refractivity contribution is 0.551. The van der Waals surface area contributed by atoms with Crippen molar-refractivity contribution >= 4 is 38.2 Å². The van der Waals surface area contributed by atoms with E-state index < -0.39 is 15.8 Å². The summed E-state index contributed by atoms with van der Waals surface area (Å²) in [6.45, 7) is 1.89. The summed E-state index contributed by atoms with van der Waals surface area (Å²) in [5, 5.41) is 3.62. The van der Waals surface area contributed by atoms with Crippen LogP contribution in [0, 0.1) is 6.92 Å². The first kappa shape index (κ1) is 20.3. The van der Waals surface area contributed by atoms with Crippen LogP contribution in [0.4, 0.5) is 5.69 Å². The normalized spacial score (nSPS) is 11.7. The van der Waals surface area contributed by atoms with Crippen LogP contribution in [0.15, 0.2) is 63.3 Å². The lowest BCUT2D eigenvalue weighted by Crippen LogP contribution is -2.26. The molecule has 4 rings (SSSR count). The van der Waals surface area contributed by atoms with Crippen molar-refractivity contribution in [3.63, 3.8) is 0 Å². The molecular formula is C21H19N3O4S2. The van der Waals surface area contributed by atoms with E-state index in [0.717, 1.165) is 27.1 Å². The minimum atomic E-state index is -3.61. The van der Waals surface area contributed by atoms with E-state index in [4.69, 9.17) is 4.42 Å². The van der Waals surface area contributed by atoms with Crippen molar-refractivity contribution in [1.82, 2.24) is 9.71 Å². The number of hydrogen-bond donors (Lipinski definition) is 2. The van der Waals surface area contributed by atoms with Crippen molar-refractivity contribution in [2.24, 2.45) is 0 Å². The van der Waals surface area contributed by atoms with Gasteiger partial charge in [0.15, 0.2) is 0 Å². The number of rotatable bonds is 6. The van der Waals surface area contributed by atoms with Gasteiger partial charge in [0.2, 0.25) is 0 Å². The Labute approximate surface area is 177 Å². The molecule has 0 aliphatic heterocycles. The number of thiazole rings is 1. The number of aryl methyl sites for hydroxylation is 1. The third kappa shape index (κ3) is 4.13. The lowest BCUT2D eigenvalue weighted by Gasteiger charge is -2.11. The zero-order chi connectivity index (χ0) is 21.3. The monoisotopic (exact) mass is 441 g/mol. The second kappa shape index (κ2) is 8.02. The zero-order valence-corrected chi connectivity index (χ0v) is 17.9. The van der Waals surface area contributed by atoms with Gasteiger partial charge in [0, 0.05) is 41.6 Å². The van der Waals surface area contributed by atoms with Gasteiger partial charge >= 0.3 is 5.63 Å². The Hall–Kier alpha value is -3.01. The molecule has 0 spiro atoms. The first-order valence-corrected chi connectivity index (χ1v) is 11.5. The van der Waals surface area contributed by atoms with Gasteiger partial charge in [0.05, 0.1) is 5.69 Å². The van der Waals surface area contributed by atoms with Gasteiger partial charge in [-0.25, -0.2) is 14.5 Å². The summed E-state index contributed by atoms with van der Waals surface area (Å²) in [5.74, 6) is 0. The molecule has 0 fully saturated rings. The molecule has 30 heavy (non-hydrogen) atoms. The van der Waals surface area contributed by atoms with Crippen LogP contribution in [-0.4, -0.2) is 20.4 Å². The molecule has 7 nitrogen and oxygen atoms in total. The van der Waals surface area contributed by atoms with Gasteiger partial charge < -0.3 is 4.42 Å². The molecule has 0 radical (unpaired) electrons. The number of nitrogens with one attached hydrogen (secondary N) is 2. The number of fused-ring (bicyclic) bond motifs is 1. The summed E-state index contributed by atoms with van der Waals surface area (Å²) in [4.78, 5) is 17.0. The van der Waals surface area contributed by atoms with Crippen LogP contribution in [0.1, 0.15) is 16.7 Å². The van der Waals surface area contributed by atoms with Crippen LogP contribution >= 0.6 is 11.3 Å². The molecule has 2 N–H and O–H groups in total. The first-order valence-electron chi connectivity index (χ1n) is 9.13. The molecule has 4 aromatic rings. The van der Waals surface area contributed by atoms with Crippen LogP contribution in [-0.2, 0) is 16.6 Å². The smallest absolute Gasteiger partial charge is 0.340 e. The third-order valence-corrected chi connectivity index (χ3v) is 6.66. The van der Waals surface area contributed by atoms with Crippen LogP contribution in [0.25, 0.3) is 21.5 Å². The average Bonchev–Trinajstić information content (AvgIpc) is 3.25. The van der Waals surface area contributed by atoms with Crippen molar-refractivity contribution in [3.8, 4) is 10.6 Å². The molecule has 9 heteroatoms. The van der Waals surface area contributed by atoms with Gasteiger partial charge in [0.1, 0.15) is 10.6 Å². The van der Waals surface area contributed by atoms with Crippen molar-refractivity contribution in [2.45, 2.75) is 13.3 Å². The molecule has 0 aliphatic rings. The molecule has 0 unspecified atom stereocenters. The fraction of sp³-hybridized carbons (Fsp3) is 0.143. The number of aromatic nitrogens is 1. The summed E-state index contributed by atoms with van der Waals surface area (Å²) in [7, 11) is -2.29. The summed E-state index contributed by atoms with van der Waals surface area (Å²) in [5.41, 5.74) is 3.60. The fourth-order valence-electron chi connectivity index (χ4n) is 3.25. The molecule has 0 bridgehead atoms. The molecule has 2 aromatic heterocycles. The SMILES string of the molecule is CNS(=O)(=O)Nc1cccc(Cc2c(C)c3ccc(-c4nccs4)cc3oc2=O)c1. The molecule has 2 aromatic carbocycles. The van der Waals surface area contributed by atoms with E-state index in [1.807, 2.05) is 36.6 Å². The fourth-order valence-corrected chi connectivity index (χ4v) is 4.43. The Morgan fingerprint density at radius 1 is 1.17 bits per heavy atom. The van der Waals surface area contributed by atoms with E-state index in [1.165, 1.54) is 18.4 Å². The van der Waals surface area contributed by atoms with E-state index >= 15 is 0 Å². The highest BCUT2D eigenvalue weighted by Crippen LogP contribution is 2.28. The molecule has 0 atom stereocenters. The number of nitrogens with zero attached hydrogens (tertiary/aromatic N) is 1. The zero-order valence-electron chi connectivity index (χ0n) is 16.3. The highest BCUT2D eigenvalue weighted by molar-refractivity contribution is 7.90. The maximum absolute atomic E-state index is 12.7. The van der Waals surface area contributed by atoms with E-state index in [9.17, 15) is 13.2 Å². The Kier molecular flexibility index (Phi) is 5.42. The van der Waals surface area contributed by atoms with Gasteiger partial charge in [-0.3, -0.25) is 4.72 Å². The number of anilines is 1.